The molecule has 0 heterocycles. The Bertz CT molecular complexity index is 323. The van der Waals surface area contributed by atoms with Gasteiger partial charge in [0, 0.05) is 19.5 Å². The lowest BCUT2D eigenvalue weighted by atomic mass is 10.1. The molecule has 3 nitrogen and oxygen atoms in total. The fourth-order valence-corrected chi connectivity index (χ4v) is 1.43. The first-order valence-electron chi connectivity index (χ1n) is 5.24. The van der Waals surface area contributed by atoms with E-state index in [0.29, 0.717) is 19.5 Å². The smallest absolute Gasteiger partial charge is 0.220 e. The molecule has 82 valence electrons. The number of nitrogens with one attached hydrogen (secondary N) is 1. The normalized spacial score (nSPS) is 10.0. The van der Waals surface area contributed by atoms with Crippen LogP contribution in [0.3, 0.4) is 0 Å². The highest BCUT2D eigenvalue weighted by Gasteiger charge is 2.00. The molecule has 0 fully saturated rings. The van der Waals surface area contributed by atoms with Gasteiger partial charge in [0.1, 0.15) is 0 Å². The molecule has 0 spiro atoms. The van der Waals surface area contributed by atoms with E-state index in [-0.39, 0.29) is 5.91 Å². The third kappa shape index (κ3) is 4.61. The molecule has 0 bridgehead atoms. The van der Waals surface area contributed by atoms with Crippen LogP contribution in [0.4, 0.5) is 0 Å². The van der Waals surface area contributed by atoms with Crippen molar-refractivity contribution in [2.24, 2.45) is 5.73 Å². The van der Waals surface area contributed by atoms with Gasteiger partial charge in [-0.05, 0) is 18.9 Å². The second kappa shape index (κ2) is 6.19. The minimum absolute atomic E-state index is 0.0713. The van der Waals surface area contributed by atoms with E-state index in [1.807, 2.05) is 12.1 Å². The minimum Gasteiger partial charge on any atom is -0.355 e. The first-order chi connectivity index (χ1) is 7.22. The largest absolute Gasteiger partial charge is 0.355 e. The van der Waals surface area contributed by atoms with Crippen molar-refractivity contribution < 1.29 is 4.79 Å². The van der Waals surface area contributed by atoms with Gasteiger partial charge in [-0.1, -0.05) is 29.8 Å². The van der Waals surface area contributed by atoms with E-state index in [9.17, 15) is 4.79 Å². The fraction of sp³-hybridized carbons (Fsp3) is 0.417. The Balaban J connectivity index is 2.33. The Morgan fingerprint density at radius 2 is 2.27 bits per heavy atom. The second-order valence-corrected chi connectivity index (χ2v) is 3.63. The molecule has 0 atom stereocenters. The summed E-state index contributed by atoms with van der Waals surface area (Å²) in [7, 11) is 0. The number of carbonyl (C=O) groups excluding carboxylic acids is 1. The SMILES string of the molecule is Cc1cccc(CCC(=O)NCCN)c1. The summed E-state index contributed by atoms with van der Waals surface area (Å²) in [5.74, 6) is 0.0713. The zero-order valence-corrected chi connectivity index (χ0v) is 9.12. The van der Waals surface area contributed by atoms with E-state index in [2.05, 4.69) is 24.4 Å². The van der Waals surface area contributed by atoms with E-state index < -0.39 is 0 Å². The van der Waals surface area contributed by atoms with E-state index >= 15 is 0 Å². The van der Waals surface area contributed by atoms with E-state index in [1.54, 1.807) is 0 Å². The van der Waals surface area contributed by atoms with E-state index in [4.69, 9.17) is 5.73 Å². The summed E-state index contributed by atoms with van der Waals surface area (Å²) in [5, 5.41) is 2.75. The highest BCUT2D eigenvalue weighted by Crippen LogP contribution is 2.06. The molecule has 1 amide bonds. The van der Waals surface area contributed by atoms with E-state index in [1.165, 1.54) is 11.1 Å². The number of benzene rings is 1. The maximum absolute atomic E-state index is 11.3. The number of hydrogen-bond acceptors (Lipinski definition) is 2. The summed E-state index contributed by atoms with van der Waals surface area (Å²) >= 11 is 0. The van der Waals surface area contributed by atoms with Crippen molar-refractivity contribution in [1.82, 2.24) is 5.32 Å². The standard InChI is InChI=1S/C12H18N2O/c1-10-3-2-4-11(9-10)5-6-12(15)14-8-7-13/h2-4,9H,5-8,13H2,1H3,(H,14,15). The lowest BCUT2D eigenvalue weighted by molar-refractivity contribution is -0.120. The van der Waals surface area contributed by atoms with Gasteiger partial charge in [0.25, 0.3) is 0 Å². The van der Waals surface area contributed by atoms with E-state index in [0.717, 1.165) is 6.42 Å². The summed E-state index contributed by atoms with van der Waals surface area (Å²) < 4.78 is 0. The molecule has 0 unspecified atom stereocenters. The lowest BCUT2D eigenvalue weighted by Gasteiger charge is -2.04. The van der Waals surface area contributed by atoms with Crippen LogP contribution in [0.5, 0.6) is 0 Å². The highest BCUT2D eigenvalue weighted by molar-refractivity contribution is 5.76. The minimum atomic E-state index is 0.0713. The van der Waals surface area contributed by atoms with Crippen LogP contribution in [0.2, 0.25) is 0 Å². The van der Waals surface area contributed by atoms with Gasteiger partial charge in [-0.25, -0.2) is 0 Å². The summed E-state index contributed by atoms with van der Waals surface area (Å²) in [6, 6.07) is 8.22. The maximum Gasteiger partial charge on any atom is 0.220 e. The van der Waals surface area contributed by atoms with Crippen LogP contribution in [0.1, 0.15) is 17.5 Å². The molecule has 1 rings (SSSR count). The summed E-state index contributed by atoms with van der Waals surface area (Å²) in [6.45, 7) is 3.11. The van der Waals surface area contributed by atoms with Crippen molar-refractivity contribution >= 4 is 5.91 Å². The van der Waals surface area contributed by atoms with Crippen LogP contribution in [0, 0.1) is 6.92 Å². The monoisotopic (exact) mass is 206 g/mol. The van der Waals surface area contributed by atoms with Crippen molar-refractivity contribution in [1.29, 1.82) is 0 Å². The third-order valence-electron chi connectivity index (χ3n) is 2.19. The molecule has 1 aromatic rings. The molecule has 0 radical (unpaired) electrons. The first kappa shape index (κ1) is 11.7. The topological polar surface area (TPSA) is 55.1 Å². The van der Waals surface area contributed by atoms with Gasteiger partial charge in [-0.2, -0.15) is 0 Å². The van der Waals surface area contributed by atoms with Crippen LogP contribution < -0.4 is 11.1 Å². The quantitative estimate of drug-likeness (QED) is 0.755. The zero-order chi connectivity index (χ0) is 11.1. The van der Waals surface area contributed by atoms with Crippen LogP contribution >= 0.6 is 0 Å². The molecular weight excluding hydrogens is 188 g/mol. The molecule has 0 aliphatic heterocycles. The Morgan fingerprint density at radius 3 is 2.93 bits per heavy atom. The predicted octanol–water partition coefficient (Wildman–Crippen LogP) is 1.00. The van der Waals surface area contributed by atoms with Crippen molar-refractivity contribution in [3.05, 3.63) is 35.4 Å². The first-order valence-corrected chi connectivity index (χ1v) is 5.24. The Labute approximate surface area is 90.7 Å². The second-order valence-electron chi connectivity index (χ2n) is 3.63. The van der Waals surface area contributed by atoms with Gasteiger partial charge in [-0.15, -0.1) is 0 Å². The van der Waals surface area contributed by atoms with Crippen molar-refractivity contribution in [3.63, 3.8) is 0 Å². The molecule has 15 heavy (non-hydrogen) atoms. The number of nitrogens with two attached hydrogens (primary N) is 1. The molecule has 0 saturated heterocycles. The molecule has 3 heteroatoms. The molecular formula is C12H18N2O. The van der Waals surface area contributed by atoms with Gasteiger partial charge < -0.3 is 11.1 Å². The van der Waals surface area contributed by atoms with Crippen LogP contribution in [-0.2, 0) is 11.2 Å². The zero-order valence-electron chi connectivity index (χ0n) is 9.12. The fourth-order valence-electron chi connectivity index (χ4n) is 1.43. The predicted molar refractivity (Wildman–Crippen MR) is 61.6 cm³/mol. The molecule has 0 saturated carbocycles. The van der Waals surface area contributed by atoms with Crippen LogP contribution in [-0.4, -0.2) is 19.0 Å². The van der Waals surface area contributed by atoms with Gasteiger partial charge in [0.15, 0.2) is 0 Å². The molecule has 0 aliphatic carbocycles. The number of aryl methyl sites for hydroxylation is 2. The molecule has 0 aromatic heterocycles. The number of carbonyl (C=O) groups is 1. The highest BCUT2D eigenvalue weighted by atomic mass is 16.1. The van der Waals surface area contributed by atoms with Crippen molar-refractivity contribution in [3.8, 4) is 0 Å². The van der Waals surface area contributed by atoms with Gasteiger partial charge in [0.2, 0.25) is 5.91 Å². The summed E-state index contributed by atoms with van der Waals surface area (Å²) in [4.78, 5) is 11.3. The average Bonchev–Trinajstić information content (AvgIpc) is 2.23. The average molecular weight is 206 g/mol. The number of amides is 1. The summed E-state index contributed by atoms with van der Waals surface area (Å²) in [6.07, 6.45) is 1.32. The summed E-state index contributed by atoms with van der Waals surface area (Å²) in [5.41, 5.74) is 7.73. The van der Waals surface area contributed by atoms with Crippen molar-refractivity contribution in [2.75, 3.05) is 13.1 Å². The van der Waals surface area contributed by atoms with Gasteiger partial charge >= 0.3 is 0 Å². The number of hydrogen-bond donors (Lipinski definition) is 2. The van der Waals surface area contributed by atoms with Gasteiger partial charge in [-0.3, -0.25) is 4.79 Å². The Morgan fingerprint density at radius 1 is 1.47 bits per heavy atom. The maximum atomic E-state index is 11.3. The van der Waals surface area contributed by atoms with Crippen molar-refractivity contribution in [2.45, 2.75) is 19.8 Å². The third-order valence-corrected chi connectivity index (χ3v) is 2.19. The van der Waals surface area contributed by atoms with Crippen LogP contribution in [0.25, 0.3) is 0 Å². The molecule has 0 aliphatic rings. The van der Waals surface area contributed by atoms with Gasteiger partial charge in [0.05, 0.1) is 0 Å². The Kier molecular flexibility index (Phi) is 4.84. The number of rotatable bonds is 5. The molecule has 3 N–H and O–H groups in total. The van der Waals surface area contributed by atoms with Crippen LogP contribution in [0.15, 0.2) is 24.3 Å². The Hall–Kier alpha value is -1.35. The molecule has 1 aromatic carbocycles. The lowest BCUT2D eigenvalue weighted by Crippen LogP contribution is -2.29.